The van der Waals surface area contributed by atoms with E-state index in [0.717, 1.165) is 29.7 Å². The average Bonchev–Trinajstić information content (AvgIpc) is 3.23. The van der Waals surface area contributed by atoms with Crippen molar-refractivity contribution in [2.24, 2.45) is 5.73 Å². The molecule has 0 saturated heterocycles. The van der Waals surface area contributed by atoms with E-state index in [0.29, 0.717) is 11.7 Å². The van der Waals surface area contributed by atoms with E-state index >= 15 is 0 Å². The zero-order valence-electron chi connectivity index (χ0n) is 11.0. The van der Waals surface area contributed by atoms with E-state index in [9.17, 15) is 0 Å². The smallest absolute Gasteiger partial charge is 0.229 e. The Balaban J connectivity index is 1.77. The quantitative estimate of drug-likeness (QED) is 0.790. The molecule has 1 fully saturated rings. The van der Waals surface area contributed by atoms with Gasteiger partial charge in [0.25, 0.3) is 0 Å². The summed E-state index contributed by atoms with van der Waals surface area (Å²) in [7, 11) is 0. The first kappa shape index (κ1) is 11.6. The summed E-state index contributed by atoms with van der Waals surface area (Å²) in [6.45, 7) is 0. The molecular formula is C16H15N3O. The van der Waals surface area contributed by atoms with Crippen LogP contribution < -0.4 is 5.73 Å². The van der Waals surface area contributed by atoms with Gasteiger partial charge in [-0.1, -0.05) is 47.6 Å². The van der Waals surface area contributed by atoms with Gasteiger partial charge in [0.1, 0.15) is 0 Å². The Kier molecular flexibility index (Phi) is 2.57. The third kappa shape index (κ3) is 1.89. The number of fused-ring (bicyclic) bond motifs is 1. The van der Waals surface area contributed by atoms with E-state index in [1.165, 1.54) is 5.39 Å². The van der Waals surface area contributed by atoms with Crippen molar-refractivity contribution in [3.63, 3.8) is 0 Å². The summed E-state index contributed by atoms with van der Waals surface area (Å²) in [6, 6.07) is 14.0. The summed E-state index contributed by atoms with van der Waals surface area (Å²) in [6.07, 6.45) is 2.29. The van der Waals surface area contributed by atoms with Crippen LogP contribution in [0.3, 0.4) is 0 Å². The fourth-order valence-electron chi connectivity index (χ4n) is 2.53. The predicted octanol–water partition coefficient (Wildman–Crippen LogP) is 3.15. The Hall–Kier alpha value is -2.20. The highest BCUT2D eigenvalue weighted by Crippen LogP contribution is 2.39. The first-order valence-corrected chi connectivity index (χ1v) is 6.89. The Labute approximate surface area is 116 Å². The second-order valence-electron chi connectivity index (χ2n) is 5.31. The number of aromatic nitrogens is 2. The summed E-state index contributed by atoms with van der Waals surface area (Å²) in [5.41, 5.74) is 7.36. The van der Waals surface area contributed by atoms with Crippen LogP contribution in [0.5, 0.6) is 0 Å². The van der Waals surface area contributed by atoms with Crippen LogP contribution >= 0.6 is 0 Å². The molecule has 0 radical (unpaired) electrons. The third-order valence-corrected chi connectivity index (χ3v) is 3.82. The number of hydrogen-bond acceptors (Lipinski definition) is 4. The van der Waals surface area contributed by atoms with Gasteiger partial charge in [0, 0.05) is 5.92 Å². The van der Waals surface area contributed by atoms with Crippen molar-refractivity contribution in [3.8, 4) is 0 Å². The van der Waals surface area contributed by atoms with Gasteiger partial charge in [-0.2, -0.15) is 4.98 Å². The van der Waals surface area contributed by atoms with E-state index in [-0.39, 0.29) is 6.04 Å². The van der Waals surface area contributed by atoms with Crippen LogP contribution in [0.1, 0.15) is 42.1 Å². The molecule has 0 spiro atoms. The molecule has 2 N–H and O–H groups in total. The second kappa shape index (κ2) is 4.42. The molecular weight excluding hydrogens is 250 g/mol. The predicted molar refractivity (Wildman–Crippen MR) is 76.3 cm³/mol. The minimum atomic E-state index is -0.350. The molecule has 1 aromatic heterocycles. The molecule has 4 rings (SSSR count). The molecule has 2 aromatic carbocycles. The molecule has 3 aromatic rings. The number of rotatable bonds is 3. The van der Waals surface area contributed by atoms with Crippen molar-refractivity contribution in [3.05, 3.63) is 59.7 Å². The van der Waals surface area contributed by atoms with Gasteiger partial charge in [-0.15, -0.1) is 0 Å². The lowest BCUT2D eigenvalue weighted by Gasteiger charge is -2.11. The molecule has 0 aliphatic heterocycles. The molecule has 100 valence electrons. The van der Waals surface area contributed by atoms with Crippen LogP contribution in [0.2, 0.25) is 0 Å². The maximum atomic E-state index is 6.33. The van der Waals surface area contributed by atoms with Crippen LogP contribution in [-0.4, -0.2) is 10.1 Å². The zero-order valence-corrected chi connectivity index (χ0v) is 11.0. The summed E-state index contributed by atoms with van der Waals surface area (Å²) in [5.74, 6) is 1.76. The van der Waals surface area contributed by atoms with Crippen LogP contribution in [0.25, 0.3) is 10.8 Å². The topological polar surface area (TPSA) is 64.9 Å². The fraction of sp³-hybridized carbons (Fsp3) is 0.250. The van der Waals surface area contributed by atoms with Gasteiger partial charge < -0.3 is 10.3 Å². The molecule has 4 heteroatoms. The molecule has 1 atom stereocenters. The minimum Gasteiger partial charge on any atom is -0.339 e. The zero-order chi connectivity index (χ0) is 13.5. The van der Waals surface area contributed by atoms with E-state index < -0.39 is 0 Å². The summed E-state index contributed by atoms with van der Waals surface area (Å²) >= 11 is 0. The van der Waals surface area contributed by atoms with E-state index in [4.69, 9.17) is 10.3 Å². The molecule has 1 aliphatic carbocycles. The number of nitrogens with zero attached hydrogens (tertiary/aromatic N) is 2. The first-order valence-electron chi connectivity index (χ1n) is 6.89. The highest BCUT2D eigenvalue weighted by molar-refractivity contribution is 5.86. The highest BCUT2D eigenvalue weighted by Gasteiger charge is 2.30. The maximum Gasteiger partial charge on any atom is 0.229 e. The molecule has 20 heavy (non-hydrogen) atoms. The van der Waals surface area contributed by atoms with E-state index in [1.54, 1.807) is 0 Å². The van der Waals surface area contributed by atoms with Crippen LogP contribution in [-0.2, 0) is 0 Å². The fourth-order valence-corrected chi connectivity index (χ4v) is 2.53. The molecule has 1 unspecified atom stereocenters. The van der Waals surface area contributed by atoms with E-state index in [1.807, 2.05) is 24.3 Å². The lowest BCUT2D eigenvalue weighted by atomic mass is 9.99. The minimum absolute atomic E-state index is 0.350. The molecule has 0 bridgehead atoms. The monoisotopic (exact) mass is 265 g/mol. The summed E-state index contributed by atoms with van der Waals surface area (Å²) < 4.78 is 5.30. The lowest BCUT2D eigenvalue weighted by Crippen LogP contribution is -2.14. The van der Waals surface area contributed by atoms with Crippen molar-refractivity contribution in [2.75, 3.05) is 0 Å². The molecule has 1 heterocycles. The van der Waals surface area contributed by atoms with Gasteiger partial charge in [-0.05, 0) is 29.2 Å². The highest BCUT2D eigenvalue weighted by atomic mass is 16.5. The van der Waals surface area contributed by atoms with Gasteiger partial charge >= 0.3 is 0 Å². The van der Waals surface area contributed by atoms with Crippen molar-refractivity contribution < 1.29 is 4.52 Å². The van der Waals surface area contributed by atoms with Gasteiger partial charge in [0.05, 0.1) is 6.04 Å². The van der Waals surface area contributed by atoms with E-state index in [2.05, 4.69) is 28.3 Å². The van der Waals surface area contributed by atoms with Gasteiger partial charge in [0.2, 0.25) is 5.89 Å². The van der Waals surface area contributed by atoms with Crippen molar-refractivity contribution in [1.29, 1.82) is 0 Å². The number of benzene rings is 2. The largest absolute Gasteiger partial charge is 0.339 e. The first-order chi connectivity index (χ1) is 9.83. The SMILES string of the molecule is NC(c1noc(C2CC2)n1)c1cccc2ccccc12. The molecule has 1 aliphatic rings. The van der Waals surface area contributed by atoms with Crippen LogP contribution in [0, 0.1) is 0 Å². The Morgan fingerprint density at radius 1 is 1.10 bits per heavy atom. The van der Waals surface area contributed by atoms with Gasteiger partial charge in [-0.25, -0.2) is 0 Å². The average molecular weight is 265 g/mol. The van der Waals surface area contributed by atoms with Gasteiger partial charge in [0.15, 0.2) is 5.82 Å². The van der Waals surface area contributed by atoms with Gasteiger partial charge in [-0.3, -0.25) is 0 Å². The van der Waals surface area contributed by atoms with Crippen LogP contribution in [0.15, 0.2) is 47.0 Å². The molecule has 4 nitrogen and oxygen atoms in total. The third-order valence-electron chi connectivity index (χ3n) is 3.82. The molecule has 0 amide bonds. The van der Waals surface area contributed by atoms with Crippen LogP contribution in [0.4, 0.5) is 0 Å². The summed E-state index contributed by atoms with van der Waals surface area (Å²) in [5, 5.41) is 6.36. The Bertz CT molecular complexity index is 756. The van der Waals surface area contributed by atoms with Crippen molar-refractivity contribution in [1.82, 2.24) is 10.1 Å². The number of nitrogens with two attached hydrogens (primary N) is 1. The standard InChI is InChI=1S/C16H15N3O/c17-14(15-18-16(20-19-15)11-8-9-11)13-7-3-5-10-4-1-2-6-12(10)13/h1-7,11,14H,8-9,17H2. The second-order valence-corrected chi connectivity index (χ2v) is 5.31. The number of hydrogen-bond donors (Lipinski definition) is 1. The normalized spacial score (nSPS) is 16.4. The maximum absolute atomic E-state index is 6.33. The van der Waals surface area contributed by atoms with Crippen molar-refractivity contribution in [2.45, 2.75) is 24.8 Å². The Morgan fingerprint density at radius 2 is 1.90 bits per heavy atom. The Morgan fingerprint density at radius 3 is 2.75 bits per heavy atom. The molecule has 1 saturated carbocycles. The lowest BCUT2D eigenvalue weighted by molar-refractivity contribution is 0.372. The van der Waals surface area contributed by atoms with Crippen molar-refractivity contribution >= 4 is 10.8 Å². The summed E-state index contributed by atoms with van der Waals surface area (Å²) in [4.78, 5) is 4.45.